The molecule has 0 amide bonds. The van der Waals surface area contributed by atoms with Crippen molar-refractivity contribution in [2.24, 2.45) is 0 Å². The van der Waals surface area contributed by atoms with E-state index in [0.717, 1.165) is 0 Å². The third kappa shape index (κ3) is 2.46. The van der Waals surface area contributed by atoms with Gasteiger partial charge < -0.3 is 15.6 Å². The number of aromatic nitrogens is 1. The number of morpholine rings is 1. The smallest absolute Gasteiger partial charge is 0.262 e. The fourth-order valence-electron chi connectivity index (χ4n) is 1.76. The summed E-state index contributed by atoms with van der Waals surface area (Å²) in [6.45, 7) is 0.366. The van der Waals surface area contributed by atoms with E-state index >= 15 is 0 Å². The first-order valence-electron chi connectivity index (χ1n) is 5.49. The normalized spacial score (nSPS) is 21.9. The number of nitrogens with zero attached hydrogens (tertiary/aromatic N) is 2. The molecule has 0 spiro atoms. The molecule has 0 saturated carbocycles. The number of nitrogen functional groups attached to an aromatic ring is 1. The summed E-state index contributed by atoms with van der Waals surface area (Å²) in [7, 11) is -3.73. The molecule has 100 valence electrons. The zero-order valence-corrected chi connectivity index (χ0v) is 10.5. The molecule has 3 N–H and O–H groups in total. The molecule has 0 radical (unpaired) electrons. The van der Waals surface area contributed by atoms with Crippen LogP contribution in [0.5, 0.6) is 0 Å². The zero-order chi connectivity index (χ0) is 13.2. The molecule has 0 aromatic carbocycles. The largest absolute Gasteiger partial charge is 0.396 e. The zero-order valence-electron chi connectivity index (χ0n) is 9.69. The minimum Gasteiger partial charge on any atom is -0.396 e. The molecule has 8 heteroatoms. The Kier molecular flexibility index (Phi) is 3.81. The molecule has 1 aliphatic rings. The Morgan fingerprint density at radius 3 is 3.06 bits per heavy atom. The van der Waals surface area contributed by atoms with Gasteiger partial charge in [-0.2, -0.15) is 4.31 Å². The quantitative estimate of drug-likeness (QED) is 0.735. The highest BCUT2D eigenvalue weighted by molar-refractivity contribution is 7.89. The Morgan fingerprint density at radius 2 is 2.39 bits per heavy atom. The van der Waals surface area contributed by atoms with Gasteiger partial charge in [-0.15, -0.1) is 0 Å². The van der Waals surface area contributed by atoms with Gasteiger partial charge >= 0.3 is 0 Å². The Bertz CT molecular complexity index is 520. The third-order valence-corrected chi connectivity index (χ3v) is 4.53. The molecule has 0 aliphatic carbocycles. The molecule has 1 aromatic rings. The fourth-order valence-corrected chi connectivity index (χ4v) is 3.24. The maximum atomic E-state index is 12.3. The van der Waals surface area contributed by atoms with Crippen molar-refractivity contribution in [2.45, 2.75) is 11.1 Å². The number of ether oxygens (including phenoxy) is 1. The van der Waals surface area contributed by atoms with E-state index in [1.807, 2.05) is 0 Å². The summed E-state index contributed by atoms with van der Waals surface area (Å²) in [5.74, 6) is 0. The second-order valence-corrected chi connectivity index (χ2v) is 5.79. The van der Waals surface area contributed by atoms with Crippen LogP contribution in [-0.4, -0.2) is 55.2 Å². The minimum atomic E-state index is -3.73. The van der Waals surface area contributed by atoms with E-state index in [4.69, 9.17) is 15.6 Å². The SMILES string of the molecule is Nc1cccnc1S(=O)(=O)N1CCOC(CO)C1. The van der Waals surface area contributed by atoms with Gasteiger partial charge in [-0.05, 0) is 12.1 Å². The van der Waals surface area contributed by atoms with Crippen LogP contribution in [0.2, 0.25) is 0 Å². The monoisotopic (exact) mass is 273 g/mol. The van der Waals surface area contributed by atoms with Crippen molar-refractivity contribution in [3.63, 3.8) is 0 Å². The number of rotatable bonds is 3. The van der Waals surface area contributed by atoms with Crippen molar-refractivity contribution in [2.75, 3.05) is 32.0 Å². The Morgan fingerprint density at radius 1 is 1.61 bits per heavy atom. The van der Waals surface area contributed by atoms with Crippen LogP contribution >= 0.6 is 0 Å². The molecule has 1 atom stereocenters. The van der Waals surface area contributed by atoms with E-state index in [-0.39, 0.29) is 37.0 Å². The number of sulfonamides is 1. The van der Waals surface area contributed by atoms with E-state index in [1.165, 1.54) is 16.6 Å². The highest BCUT2D eigenvalue weighted by Gasteiger charge is 2.32. The van der Waals surface area contributed by atoms with Gasteiger partial charge in [0.2, 0.25) is 0 Å². The molecule has 1 aromatic heterocycles. The molecule has 7 nitrogen and oxygen atoms in total. The van der Waals surface area contributed by atoms with Crippen molar-refractivity contribution < 1.29 is 18.3 Å². The Labute approximate surface area is 105 Å². The van der Waals surface area contributed by atoms with E-state index in [2.05, 4.69) is 4.98 Å². The summed E-state index contributed by atoms with van der Waals surface area (Å²) in [6.07, 6.45) is 0.881. The van der Waals surface area contributed by atoms with E-state index in [9.17, 15) is 8.42 Å². The van der Waals surface area contributed by atoms with Crippen LogP contribution < -0.4 is 5.73 Å². The van der Waals surface area contributed by atoms with Crippen LogP contribution in [0.25, 0.3) is 0 Å². The van der Waals surface area contributed by atoms with Crippen molar-refractivity contribution in [3.05, 3.63) is 18.3 Å². The van der Waals surface area contributed by atoms with Gasteiger partial charge in [0.1, 0.15) is 0 Å². The first-order chi connectivity index (χ1) is 8.55. The second kappa shape index (κ2) is 5.19. The number of hydrogen-bond acceptors (Lipinski definition) is 6. The molecular formula is C10H15N3O4S. The number of nitrogens with two attached hydrogens (primary N) is 1. The van der Waals surface area contributed by atoms with Crippen LogP contribution in [0.1, 0.15) is 0 Å². The van der Waals surface area contributed by atoms with Crippen LogP contribution in [0.15, 0.2) is 23.4 Å². The average molecular weight is 273 g/mol. The maximum Gasteiger partial charge on any atom is 0.262 e. The fraction of sp³-hybridized carbons (Fsp3) is 0.500. The standard InChI is InChI=1S/C10H15N3O4S/c11-9-2-1-3-12-10(9)18(15,16)13-4-5-17-8(6-13)7-14/h1-3,8,14H,4-7,11H2. The van der Waals surface area contributed by atoms with Crippen molar-refractivity contribution in [1.29, 1.82) is 0 Å². The number of pyridine rings is 1. The average Bonchev–Trinajstić information content (AvgIpc) is 2.39. The molecule has 0 bridgehead atoms. The number of aliphatic hydroxyl groups is 1. The third-order valence-electron chi connectivity index (χ3n) is 2.69. The first kappa shape index (κ1) is 13.2. The first-order valence-corrected chi connectivity index (χ1v) is 6.93. The molecule has 2 heterocycles. The van der Waals surface area contributed by atoms with Gasteiger partial charge in [-0.25, -0.2) is 13.4 Å². The van der Waals surface area contributed by atoms with Gasteiger partial charge in [0.15, 0.2) is 5.03 Å². The number of aliphatic hydroxyl groups excluding tert-OH is 1. The lowest BCUT2D eigenvalue weighted by molar-refractivity contribution is -0.0305. The minimum absolute atomic E-state index is 0.106. The topological polar surface area (TPSA) is 106 Å². The lowest BCUT2D eigenvalue weighted by Gasteiger charge is -2.31. The molecule has 18 heavy (non-hydrogen) atoms. The molecule has 1 fully saturated rings. The van der Waals surface area contributed by atoms with Crippen molar-refractivity contribution in [1.82, 2.24) is 9.29 Å². The molecule has 1 unspecified atom stereocenters. The summed E-state index contributed by atoms with van der Waals surface area (Å²) >= 11 is 0. The van der Waals surface area contributed by atoms with Crippen LogP contribution in [0, 0.1) is 0 Å². The lowest BCUT2D eigenvalue weighted by atomic mass is 10.3. The molecule has 2 rings (SSSR count). The number of hydrogen-bond donors (Lipinski definition) is 2. The number of anilines is 1. The highest BCUT2D eigenvalue weighted by atomic mass is 32.2. The Hall–Kier alpha value is -1.22. The van der Waals surface area contributed by atoms with Gasteiger partial charge in [0.25, 0.3) is 10.0 Å². The van der Waals surface area contributed by atoms with Gasteiger partial charge in [-0.1, -0.05) is 0 Å². The predicted octanol–water partition coefficient (Wildman–Crippen LogP) is -0.954. The Balaban J connectivity index is 2.29. The van der Waals surface area contributed by atoms with Crippen LogP contribution in [0.4, 0.5) is 5.69 Å². The summed E-state index contributed by atoms with van der Waals surface area (Å²) in [5.41, 5.74) is 5.75. The van der Waals surface area contributed by atoms with Crippen molar-refractivity contribution >= 4 is 15.7 Å². The highest BCUT2D eigenvalue weighted by Crippen LogP contribution is 2.21. The van der Waals surface area contributed by atoms with Crippen LogP contribution in [-0.2, 0) is 14.8 Å². The van der Waals surface area contributed by atoms with E-state index < -0.39 is 16.1 Å². The summed E-state index contributed by atoms with van der Waals surface area (Å²) in [4.78, 5) is 3.82. The van der Waals surface area contributed by atoms with Crippen LogP contribution in [0.3, 0.4) is 0 Å². The van der Waals surface area contributed by atoms with Gasteiger partial charge in [0.05, 0.1) is 25.0 Å². The second-order valence-electron chi connectivity index (χ2n) is 3.94. The maximum absolute atomic E-state index is 12.3. The van der Waals surface area contributed by atoms with E-state index in [0.29, 0.717) is 0 Å². The van der Waals surface area contributed by atoms with E-state index in [1.54, 1.807) is 6.07 Å². The summed E-state index contributed by atoms with van der Waals surface area (Å²) in [6, 6.07) is 3.06. The summed E-state index contributed by atoms with van der Waals surface area (Å²) in [5, 5.41) is 8.86. The predicted molar refractivity (Wildman–Crippen MR) is 64.2 cm³/mol. The molecular weight excluding hydrogens is 258 g/mol. The lowest BCUT2D eigenvalue weighted by Crippen LogP contribution is -2.47. The molecule has 1 aliphatic heterocycles. The van der Waals surface area contributed by atoms with Gasteiger partial charge in [-0.3, -0.25) is 0 Å². The van der Waals surface area contributed by atoms with Crippen molar-refractivity contribution in [3.8, 4) is 0 Å². The summed E-state index contributed by atoms with van der Waals surface area (Å²) < 4.78 is 31.1. The van der Waals surface area contributed by atoms with Gasteiger partial charge in [0, 0.05) is 19.3 Å². The molecule has 1 saturated heterocycles.